The largest absolute Gasteiger partial charge is 0.466 e. The molecule has 19 heavy (non-hydrogen) atoms. The third-order valence-electron chi connectivity index (χ3n) is 3.34. The van der Waals surface area contributed by atoms with Gasteiger partial charge >= 0.3 is 5.97 Å². The molecule has 0 bridgehead atoms. The zero-order valence-corrected chi connectivity index (χ0v) is 11.6. The van der Waals surface area contributed by atoms with Crippen LogP contribution in [0.2, 0.25) is 0 Å². The molecule has 1 aliphatic heterocycles. The summed E-state index contributed by atoms with van der Waals surface area (Å²) in [4.78, 5) is 25.9. The molecule has 1 amide bonds. The first-order valence-electron chi connectivity index (χ1n) is 6.59. The van der Waals surface area contributed by atoms with Gasteiger partial charge in [-0.3, -0.25) is 4.79 Å². The molecule has 0 N–H and O–H groups in total. The number of aryl methyl sites for hydroxylation is 2. The van der Waals surface area contributed by atoms with Gasteiger partial charge in [-0.15, -0.1) is 0 Å². The summed E-state index contributed by atoms with van der Waals surface area (Å²) in [6, 6.07) is 1.26. The first kappa shape index (κ1) is 13.6. The normalized spacial score (nSPS) is 18.7. The number of ether oxygens (including phenoxy) is 1. The van der Waals surface area contributed by atoms with Gasteiger partial charge in [0.05, 0.1) is 12.2 Å². The monoisotopic (exact) mass is 265 g/mol. The van der Waals surface area contributed by atoms with Crippen molar-refractivity contribution >= 4 is 11.9 Å². The van der Waals surface area contributed by atoms with E-state index >= 15 is 0 Å². The maximum absolute atomic E-state index is 12.5. The zero-order chi connectivity index (χ0) is 14.0. The summed E-state index contributed by atoms with van der Waals surface area (Å²) in [5.41, 5.74) is 0.536. The van der Waals surface area contributed by atoms with Gasteiger partial charge in [0.15, 0.2) is 0 Å². The second-order valence-corrected chi connectivity index (χ2v) is 4.74. The van der Waals surface area contributed by atoms with E-state index in [9.17, 15) is 9.59 Å². The number of furan rings is 1. The Hall–Kier alpha value is -1.78. The van der Waals surface area contributed by atoms with Crippen molar-refractivity contribution in [3.05, 3.63) is 23.2 Å². The fourth-order valence-corrected chi connectivity index (χ4v) is 2.49. The van der Waals surface area contributed by atoms with Crippen molar-refractivity contribution in [2.75, 3.05) is 13.2 Å². The molecule has 1 aliphatic rings. The lowest BCUT2D eigenvalue weighted by Crippen LogP contribution is -2.41. The van der Waals surface area contributed by atoms with E-state index in [0.717, 1.165) is 6.42 Å². The van der Waals surface area contributed by atoms with Crippen LogP contribution in [0.5, 0.6) is 0 Å². The molecule has 5 nitrogen and oxygen atoms in total. The molecular weight excluding hydrogens is 246 g/mol. The molecular formula is C14H19NO4. The first-order valence-corrected chi connectivity index (χ1v) is 6.59. The van der Waals surface area contributed by atoms with Gasteiger partial charge in [0.25, 0.3) is 5.91 Å². The Morgan fingerprint density at radius 2 is 2.21 bits per heavy atom. The van der Waals surface area contributed by atoms with E-state index in [1.54, 1.807) is 31.7 Å². The fraction of sp³-hybridized carbons (Fsp3) is 0.571. The molecule has 0 saturated carbocycles. The molecule has 1 fully saturated rings. The zero-order valence-electron chi connectivity index (χ0n) is 11.6. The van der Waals surface area contributed by atoms with E-state index in [4.69, 9.17) is 9.15 Å². The lowest BCUT2D eigenvalue weighted by atomic mass is 10.2. The van der Waals surface area contributed by atoms with E-state index in [1.807, 2.05) is 0 Å². The fourth-order valence-electron chi connectivity index (χ4n) is 2.49. The van der Waals surface area contributed by atoms with Gasteiger partial charge in [0.1, 0.15) is 17.6 Å². The second kappa shape index (κ2) is 5.47. The van der Waals surface area contributed by atoms with Gasteiger partial charge in [0, 0.05) is 6.54 Å². The summed E-state index contributed by atoms with van der Waals surface area (Å²) in [6.07, 6.45) is 1.49. The van der Waals surface area contributed by atoms with Crippen molar-refractivity contribution in [2.45, 2.75) is 39.7 Å². The van der Waals surface area contributed by atoms with Crippen molar-refractivity contribution in [1.82, 2.24) is 4.90 Å². The Balaban J connectivity index is 2.18. The summed E-state index contributed by atoms with van der Waals surface area (Å²) < 4.78 is 10.4. The highest BCUT2D eigenvalue weighted by molar-refractivity contribution is 5.98. The van der Waals surface area contributed by atoms with E-state index in [1.165, 1.54) is 0 Å². The lowest BCUT2D eigenvalue weighted by Gasteiger charge is -2.22. The number of esters is 1. The Morgan fingerprint density at radius 1 is 1.47 bits per heavy atom. The molecule has 0 aromatic carbocycles. The molecule has 2 rings (SSSR count). The molecule has 5 heteroatoms. The Labute approximate surface area is 112 Å². The summed E-state index contributed by atoms with van der Waals surface area (Å²) in [5.74, 6) is 0.834. The summed E-state index contributed by atoms with van der Waals surface area (Å²) in [5, 5.41) is 0. The van der Waals surface area contributed by atoms with Crippen LogP contribution in [-0.2, 0) is 9.53 Å². The highest BCUT2D eigenvalue weighted by Gasteiger charge is 2.36. The minimum absolute atomic E-state index is 0.148. The van der Waals surface area contributed by atoms with Crippen LogP contribution in [0.25, 0.3) is 0 Å². The van der Waals surface area contributed by atoms with Gasteiger partial charge in [-0.05, 0) is 39.7 Å². The highest BCUT2D eigenvalue weighted by atomic mass is 16.5. The average Bonchev–Trinajstić information content (AvgIpc) is 2.95. The van der Waals surface area contributed by atoms with Crippen LogP contribution in [0, 0.1) is 13.8 Å². The van der Waals surface area contributed by atoms with Crippen LogP contribution in [0.4, 0.5) is 0 Å². The average molecular weight is 265 g/mol. The predicted molar refractivity (Wildman–Crippen MR) is 68.9 cm³/mol. The van der Waals surface area contributed by atoms with Gasteiger partial charge < -0.3 is 14.1 Å². The minimum Gasteiger partial charge on any atom is -0.466 e. The maximum Gasteiger partial charge on any atom is 0.328 e. The van der Waals surface area contributed by atoms with Crippen LogP contribution >= 0.6 is 0 Å². The predicted octanol–water partition coefficient (Wildman–Crippen LogP) is 2.06. The van der Waals surface area contributed by atoms with Gasteiger partial charge in [-0.25, -0.2) is 4.79 Å². The molecule has 0 radical (unpaired) electrons. The number of hydrogen-bond donors (Lipinski definition) is 0. The molecule has 1 aromatic rings. The van der Waals surface area contributed by atoms with Crippen molar-refractivity contribution in [2.24, 2.45) is 0 Å². The molecule has 0 aliphatic carbocycles. The molecule has 2 heterocycles. The van der Waals surface area contributed by atoms with Gasteiger partial charge in [-0.2, -0.15) is 0 Å². The lowest BCUT2D eigenvalue weighted by molar-refractivity contribution is -0.147. The summed E-state index contributed by atoms with van der Waals surface area (Å²) in [7, 11) is 0. The van der Waals surface area contributed by atoms with Crippen molar-refractivity contribution in [1.29, 1.82) is 0 Å². The van der Waals surface area contributed by atoms with Crippen molar-refractivity contribution < 1.29 is 18.7 Å². The summed E-state index contributed by atoms with van der Waals surface area (Å²) >= 11 is 0. The Morgan fingerprint density at radius 3 is 2.79 bits per heavy atom. The first-order chi connectivity index (χ1) is 9.04. The Kier molecular flexibility index (Phi) is 3.93. The van der Waals surface area contributed by atoms with Crippen molar-refractivity contribution in [3.63, 3.8) is 0 Å². The number of hydrogen-bond acceptors (Lipinski definition) is 4. The van der Waals surface area contributed by atoms with Crippen molar-refractivity contribution in [3.8, 4) is 0 Å². The van der Waals surface area contributed by atoms with Crippen LogP contribution in [0.3, 0.4) is 0 Å². The third-order valence-corrected chi connectivity index (χ3v) is 3.34. The number of carbonyl (C=O) groups excluding carboxylic acids is 2. The molecule has 0 spiro atoms. The minimum atomic E-state index is -0.456. The topological polar surface area (TPSA) is 59.8 Å². The Bertz CT molecular complexity index is 492. The quantitative estimate of drug-likeness (QED) is 0.785. The maximum atomic E-state index is 12.5. The van der Waals surface area contributed by atoms with Gasteiger partial charge in [-0.1, -0.05) is 0 Å². The number of nitrogens with zero attached hydrogens (tertiary/aromatic N) is 1. The number of amides is 1. The van der Waals surface area contributed by atoms with Crippen LogP contribution < -0.4 is 0 Å². The molecule has 1 saturated heterocycles. The smallest absolute Gasteiger partial charge is 0.328 e. The second-order valence-electron chi connectivity index (χ2n) is 4.74. The van der Waals surface area contributed by atoms with Crippen LogP contribution in [0.1, 0.15) is 41.6 Å². The van der Waals surface area contributed by atoms with E-state index < -0.39 is 6.04 Å². The summed E-state index contributed by atoms with van der Waals surface area (Å²) in [6.45, 7) is 6.25. The van der Waals surface area contributed by atoms with Gasteiger partial charge in [0.2, 0.25) is 0 Å². The van der Waals surface area contributed by atoms with E-state index in [0.29, 0.717) is 36.7 Å². The number of carbonyl (C=O) groups is 2. The highest BCUT2D eigenvalue weighted by Crippen LogP contribution is 2.24. The molecule has 1 atom stereocenters. The molecule has 104 valence electrons. The molecule has 1 unspecified atom stereocenters. The standard InChI is InChI=1S/C14H19NO4/c1-4-18-14(17)12-6-5-7-15(12)13(16)11-8-9(2)19-10(11)3/h8,12H,4-7H2,1-3H3. The van der Waals surface area contributed by atoms with E-state index in [-0.39, 0.29) is 11.9 Å². The van der Waals surface area contributed by atoms with Crippen LogP contribution in [0.15, 0.2) is 10.5 Å². The SMILES string of the molecule is CCOC(=O)C1CCCN1C(=O)c1cc(C)oc1C. The number of rotatable bonds is 3. The molecule has 1 aromatic heterocycles. The number of likely N-dealkylation sites (tertiary alicyclic amines) is 1. The van der Waals surface area contributed by atoms with Crippen LogP contribution in [-0.4, -0.2) is 36.0 Å². The third kappa shape index (κ3) is 2.64. The van der Waals surface area contributed by atoms with E-state index in [2.05, 4.69) is 0 Å².